The van der Waals surface area contributed by atoms with E-state index in [9.17, 15) is 0 Å². The molecule has 0 spiro atoms. The van der Waals surface area contributed by atoms with Gasteiger partial charge in [0, 0.05) is 22.8 Å². The molecule has 0 atom stereocenters. The number of benzene rings is 1. The van der Waals surface area contributed by atoms with Gasteiger partial charge in [-0.25, -0.2) is 9.97 Å². The van der Waals surface area contributed by atoms with Gasteiger partial charge in [0.05, 0.1) is 11.2 Å². The first-order valence-corrected chi connectivity index (χ1v) is 6.07. The van der Waals surface area contributed by atoms with E-state index in [0.29, 0.717) is 0 Å². The molecule has 0 radical (unpaired) electrons. The Kier molecular flexibility index (Phi) is 3.51. The van der Waals surface area contributed by atoms with Crippen LogP contribution in [0.2, 0.25) is 0 Å². The molecule has 3 nitrogen and oxygen atoms in total. The SMILES string of the molecule is CNCCc1nc(C)nc2cc(Br)ccc12. The molecule has 1 N–H and O–H groups in total. The number of rotatable bonds is 3. The first-order valence-electron chi connectivity index (χ1n) is 5.28. The van der Waals surface area contributed by atoms with Crippen molar-refractivity contribution >= 4 is 26.8 Å². The fourth-order valence-corrected chi connectivity index (χ4v) is 2.08. The van der Waals surface area contributed by atoms with Gasteiger partial charge in [0.15, 0.2) is 0 Å². The summed E-state index contributed by atoms with van der Waals surface area (Å²) in [6.07, 6.45) is 0.929. The Morgan fingerprint density at radius 2 is 2.12 bits per heavy atom. The lowest BCUT2D eigenvalue weighted by Crippen LogP contribution is -2.12. The van der Waals surface area contributed by atoms with E-state index in [1.165, 1.54) is 0 Å². The van der Waals surface area contributed by atoms with E-state index in [2.05, 4.69) is 37.3 Å². The van der Waals surface area contributed by atoms with E-state index < -0.39 is 0 Å². The number of hydrogen-bond donors (Lipinski definition) is 1. The molecule has 16 heavy (non-hydrogen) atoms. The van der Waals surface area contributed by atoms with Crippen LogP contribution in [0.25, 0.3) is 10.9 Å². The Morgan fingerprint density at radius 1 is 1.31 bits per heavy atom. The van der Waals surface area contributed by atoms with E-state index in [1.54, 1.807) is 0 Å². The van der Waals surface area contributed by atoms with E-state index in [4.69, 9.17) is 0 Å². The average Bonchev–Trinajstić information content (AvgIpc) is 2.25. The van der Waals surface area contributed by atoms with Crippen molar-refractivity contribution in [2.75, 3.05) is 13.6 Å². The molecule has 4 heteroatoms. The average molecular weight is 280 g/mol. The van der Waals surface area contributed by atoms with Gasteiger partial charge in [-0.3, -0.25) is 0 Å². The van der Waals surface area contributed by atoms with Crippen molar-refractivity contribution in [3.8, 4) is 0 Å². The van der Waals surface area contributed by atoms with Crippen molar-refractivity contribution in [3.63, 3.8) is 0 Å². The molecular formula is C12H14BrN3. The molecule has 84 valence electrons. The number of hydrogen-bond acceptors (Lipinski definition) is 3. The van der Waals surface area contributed by atoms with E-state index in [0.717, 1.165) is 39.9 Å². The minimum absolute atomic E-state index is 0.830. The van der Waals surface area contributed by atoms with E-state index in [1.807, 2.05) is 26.1 Å². The molecule has 1 heterocycles. The smallest absolute Gasteiger partial charge is 0.126 e. The number of likely N-dealkylation sites (N-methyl/N-ethyl adjacent to an activating group) is 1. The number of nitrogens with zero attached hydrogens (tertiary/aromatic N) is 2. The molecule has 0 saturated heterocycles. The molecule has 2 rings (SSSR count). The number of aryl methyl sites for hydroxylation is 1. The molecular weight excluding hydrogens is 266 g/mol. The van der Waals surface area contributed by atoms with Crippen LogP contribution in [0.5, 0.6) is 0 Å². The first kappa shape index (κ1) is 11.5. The molecule has 0 aliphatic rings. The lowest BCUT2D eigenvalue weighted by atomic mass is 10.1. The third kappa shape index (κ3) is 2.39. The van der Waals surface area contributed by atoms with Gasteiger partial charge in [0.2, 0.25) is 0 Å². The zero-order valence-electron chi connectivity index (χ0n) is 9.42. The van der Waals surface area contributed by atoms with Crippen LogP contribution in [0.3, 0.4) is 0 Å². The topological polar surface area (TPSA) is 37.8 Å². The largest absolute Gasteiger partial charge is 0.319 e. The maximum atomic E-state index is 4.50. The number of fused-ring (bicyclic) bond motifs is 1. The van der Waals surface area contributed by atoms with Crippen molar-refractivity contribution < 1.29 is 0 Å². The fourth-order valence-electron chi connectivity index (χ4n) is 1.73. The van der Waals surface area contributed by atoms with Gasteiger partial charge in [0.25, 0.3) is 0 Å². The summed E-state index contributed by atoms with van der Waals surface area (Å²) < 4.78 is 1.05. The summed E-state index contributed by atoms with van der Waals surface area (Å²) in [5.74, 6) is 0.830. The summed E-state index contributed by atoms with van der Waals surface area (Å²) in [7, 11) is 1.95. The van der Waals surface area contributed by atoms with Gasteiger partial charge in [-0.15, -0.1) is 0 Å². The summed E-state index contributed by atoms with van der Waals surface area (Å²) >= 11 is 3.46. The minimum atomic E-state index is 0.830. The van der Waals surface area contributed by atoms with Crippen LogP contribution in [0.1, 0.15) is 11.5 Å². The lowest BCUT2D eigenvalue weighted by Gasteiger charge is -2.06. The first-order chi connectivity index (χ1) is 7.70. The molecule has 0 bridgehead atoms. The highest BCUT2D eigenvalue weighted by atomic mass is 79.9. The van der Waals surface area contributed by atoms with Gasteiger partial charge in [-0.2, -0.15) is 0 Å². The van der Waals surface area contributed by atoms with E-state index in [-0.39, 0.29) is 0 Å². The highest BCUT2D eigenvalue weighted by Gasteiger charge is 2.05. The minimum Gasteiger partial charge on any atom is -0.319 e. The van der Waals surface area contributed by atoms with Crippen molar-refractivity contribution in [3.05, 3.63) is 34.2 Å². The third-order valence-electron chi connectivity index (χ3n) is 2.46. The predicted octanol–water partition coefficient (Wildman–Crippen LogP) is 2.46. The Labute approximate surface area is 103 Å². The summed E-state index contributed by atoms with van der Waals surface area (Å²) in [5.41, 5.74) is 2.12. The standard InChI is InChI=1S/C12H14BrN3/c1-8-15-11(5-6-14-2)10-4-3-9(13)7-12(10)16-8/h3-4,7,14H,5-6H2,1-2H3. The quantitative estimate of drug-likeness (QED) is 0.938. The fraction of sp³-hybridized carbons (Fsp3) is 0.333. The van der Waals surface area contributed by atoms with Crippen LogP contribution >= 0.6 is 15.9 Å². The second-order valence-corrected chi connectivity index (χ2v) is 4.65. The van der Waals surface area contributed by atoms with Crippen molar-refractivity contribution in [1.82, 2.24) is 15.3 Å². The molecule has 1 aromatic carbocycles. The molecule has 0 fully saturated rings. The highest BCUT2D eigenvalue weighted by Crippen LogP contribution is 2.20. The van der Waals surface area contributed by atoms with Gasteiger partial charge in [0.1, 0.15) is 5.82 Å². The van der Waals surface area contributed by atoms with Gasteiger partial charge < -0.3 is 5.32 Å². The van der Waals surface area contributed by atoms with Crippen LogP contribution in [0, 0.1) is 6.92 Å². The molecule has 1 aromatic heterocycles. The van der Waals surface area contributed by atoms with Gasteiger partial charge in [-0.1, -0.05) is 15.9 Å². The molecule has 2 aromatic rings. The maximum absolute atomic E-state index is 4.50. The normalized spacial score (nSPS) is 10.9. The zero-order chi connectivity index (χ0) is 11.5. The molecule has 0 aliphatic carbocycles. The second kappa shape index (κ2) is 4.89. The Bertz CT molecular complexity index is 506. The maximum Gasteiger partial charge on any atom is 0.126 e. The van der Waals surface area contributed by atoms with Gasteiger partial charge >= 0.3 is 0 Å². The second-order valence-electron chi connectivity index (χ2n) is 3.73. The Morgan fingerprint density at radius 3 is 2.88 bits per heavy atom. The number of halogens is 1. The van der Waals surface area contributed by atoms with Crippen LogP contribution in [-0.2, 0) is 6.42 Å². The van der Waals surface area contributed by atoms with Gasteiger partial charge in [-0.05, 0) is 32.2 Å². The summed E-state index contributed by atoms with van der Waals surface area (Å²) in [4.78, 5) is 8.95. The third-order valence-corrected chi connectivity index (χ3v) is 2.95. The molecule has 0 saturated carbocycles. The highest BCUT2D eigenvalue weighted by molar-refractivity contribution is 9.10. The zero-order valence-corrected chi connectivity index (χ0v) is 11.0. The van der Waals surface area contributed by atoms with E-state index >= 15 is 0 Å². The van der Waals surface area contributed by atoms with Crippen LogP contribution in [0.4, 0.5) is 0 Å². The van der Waals surface area contributed by atoms with Crippen LogP contribution in [0.15, 0.2) is 22.7 Å². The Balaban J connectivity index is 2.54. The Hall–Kier alpha value is -1.000. The van der Waals surface area contributed by atoms with Crippen LogP contribution < -0.4 is 5.32 Å². The molecule has 0 aliphatic heterocycles. The lowest BCUT2D eigenvalue weighted by molar-refractivity contribution is 0.775. The van der Waals surface area contributed by atoms with Crippen molar-refractivity contribution in [2.24, 2.45) is 0 Å². The van der Waals surface area contributed by atoms with Crippen molar-refractivity contribution in [2.45, 2.75) is 13.3 Å². The predicted molar refractivity (Wildman–Crippen MR) is 69.6 cm³/mol. The summed E-state index contributed by atoms with van der Waals surface area (Å²) in [6, 6.07) is 6.14. The van der Waals surface area contributed by atoms with Crippen LogP contribution in [-0.4, -0.2) is 23.6 Å². The number of nitrogens with one attached hydrogen (secondary N) is 1. The number of aromatic nitrogens is 2. The molecule has 0 unspecified atom stereocenters. The summed E-state index contributed by atoms with van der Waals surface area (Å²) in [5, 5.41) is 4.28. The monoisotopic (exact) mass is 279 g/mol. The summed E-state index contributed by atoms with van der Waals surface area (Å²) in [6.45, 7) is 2.87. The van der Waals surface area contributed by atoms with Crippen molar-refractivity contribution in [1.29, 1.82) is 0 Å². The molecule has 0 amide bonds.